The first-order chi connectivity index (χ1) is 13.6. The molecule has 0 aromatic heterocycles. The van der Waals surface area contributed by atoms with Crippen LogP contribution in [-0.2, 0) is 0 Å². The molecule has 0 saturated heterocycles. The number of nitrogens with one attached hydrogen (secondary N) is 2. The molecule has 7 heteroatoms. The summed E-state index contributed by atoms with van der Waals surface area (Å²) in [5, 5.41) is 4.09. The van der Waals surface area contributed by atoms with Crippen LogP contribution in [-0.4, -0.2) is 35.7 Å². The fourth-order valence-corrected chi connectivity index (χ4v) is 3.13. The number of aryl methyl sites for hydroxylation is 2. The van der Waals surface area contributed by atoms with Crippen LogP contribution in [0.3, 0.4) is 0 Å². The molecule has 0 aliphatic carbocycles. The Morgan fingerprint density at radius 3 is 2.17 bits per heavy atom. The minimum atomic E-state index is -0.626. The molecule has 7 nitrogen and oxygen atoms in total. The molecule has 1 aliphatic heterocycles. The maximum Gasteiger partial charge on any atom is 0.338 e. The highest BCUT2D eigenvalue weighted by Gasteiger charge is 2.29. The SMILES string of the molecule is Cc1cc(C)cc(C(=O)N(NC(=O)Nc2ccc3c(c2)OCCO3)C(C)(C)C)c1. The van der Waals surface area contributed by atoms with Crippen molar-refractivity contribution in [3.05, 3.63) is 53.1 Å². The van der Waals surface area contributed by atoms with Crippen molar-refractivity contribution in [2.75, 3.05) is 18.5 Å². The number of amides is 3. The lowest BCUT2D eigenvalue weighted by Crippen LogP contribution is -2.56. The summed E-state index contributed by atoms with van der Waals surface area (Å²) in [4.78, 5) is 25.7. The molecule has 0 saturated carbocycles. The third kappa shape index (κ3) is 4.99. The molecule has 1 heterocycles. The summed E-state index contributed by atoms with van der Waals surface area (Å²) in [5.41, 5.74) is 5.10. The minimum absolute atomic E-state index is 0.276. The van der Waals surface area contributed by atoms with Crippen molar-refractivity contribution in [1.82, 2.24) is 10.4 Å². The number of nitrogens with zero attached hydrogens (tertiary/aromatic N) is 1. The van der Waals surface area contributed by atoms with Crippen LogP contribution in [0.4, 0.5) is 10.5 Å². The smallest absolute Gasteiger partial charge is 0.338 e. The van der Waals surface area contributed by atoms with Crippen molar-refractivity contribution < 1.29 is 19.1 Å². The number of carbonyl (C=O) groups excluding carboxylic acids is 2. The first-order valence-electron chi connectivity index (χ1n) is 9.53. The maximum absolute atomic E-state index is 13.1. The Kier molecular flexibility index (Phi) is 5.68. The molecule has 3 amide bonds. The van der Waals surface area contributed by atoms with E-state index in [1.54, 1.807) is 18.2 Å². The summed E-state index contributed by atoms with van der Waals surface area (Å²) in [6, 6.07) is 10.3. The number of hydrogen-bond acceptors (Lipinski definition) is 4. The lowest BCUT2D eigenvalue weighted by atomic mass is 10.0. The van der Waals surface area contributed by atoms with Crippen LogP contribution in [0, 0.1) is 13.8 Å². The van der Waals surface area contributed by atoms with Gasteiger partial charge in [0.05, 0.1) is 5.54 Å². The number of hydrogen-bond donors (Lipinski definition) is 2. The van der Waals surface area contributed by atoms with Crippen LogP contribution < -0.4 is 20.2 Å². The lowest BCUT2D eigenvalue weighted by Gasteiger charge is -2.35. The van der Waals surface area contributed by atoms with Gasteiger partial charge in [-0.2, -0.15) is 0 Å². The van der Waals surface area contributed by atoms with Crippen molar-refractivity contribution >= 4 is 17.6 Å². The van der Waals surface area contributed by atoms with Crippen LogP contribution in [0.5, 0.6) is 11.5 Å². The predicted octanol–water partition coefficient (Wildman–Crippen LogP) is 4.05. The van der Waals surface area contributed by atoms with Gasteiger partial charge in [0.15, 0.2) is 11.5 Å². The number of rotatable bonds is 2. The Morgan fingerprint density at radius 1 is 0.931 bits per heavy atom. The number of benzene rings is 2. The second kappa shape index (κ2) is 8.03. The van der Waals surface area contributed by atoms with Crippen molar-refractivity contribution in [2.24, 2.45) is 0 Å². The van der Waals surface area contributed by atoms with Crippen molar-refractivity contribution in [3.63, 3.8) is 0 Å². The Bertz CT molecular complexity index is 914. The van der Waals surface area contributed by atoms with E-state index in [0.717, 1.165) is 11.1 Å². The summed E-state index contributed by atoms with van der Waals surface area (Å²) < 4.78 is 11.0. The maximum atomic E-state index is 13.1. The average Bonchev–Trinajstić information content (AvgIpc) is 2.64. The standard InChI is InChI=1S/C22H27N3O4/c1-14-10-15(2)12-16(11-14)20(26)25(22(3,4)5)24-21(27)23-17-6-7-18-19(13-17)29-9-8-28-18/h6-7,10-13H,8-9H2,1-5H3,(H2,23,24,27). The molecule has 1 aliphatic rings. The number of hydrazine groups is 1. The van der Waals surface area contributed by atoms with Gasteiger partial charge in [-0.15, -0.1) is 0 Å². The third-order valence-electron chi connectivity index (χ3n) is 4.36. The van der Waals surface area contributed by atoms with E-state index in [9.17, 15) is 9.59 Å². The third-order valence-corrected chi connectivity index (χ3v) is 4.36. The Balaban J connectivity index is 1.76. The van der Waals surface area contributed by atoms with Crippen LogP contribution in [0.1, 0.15) is 42.3 Å². The molecule has 154 valence electrons. The minimum Gasteiger partial charge on any atom is -0.486 e. The number of carbonyl (C=O) groups is 2. The van der Waals surface area contributed by atoms with Crippen molar-refractivity contribution in [2.45, 2.75) is 40.2 Å². The summed E-state index contributed by atoms with van der Waals surface area (Å²) in [5.74, 6) is 0.943. The first kappa shape index (κ1) is 20.5. The molecule has 0 unspecified atom stereocenters. The van der Waals surface area contributed by atoms with Gasteiger partial charge in [-0.25, -0.2) is 15.2 Å². The van der Waals surface area contributed by atoms with Gasteiger partial charge in [-0.05, 0) is 58.9 Å². The van der Waals surface area contributed by atoms with Gasteiger partial charge in [0.2, 0.25) is 0 Å². The number of anilines is 1. The van der Waals surface area contributed by atoms with Gasteiger partial charge in [0.25, 0.3) is 5.91 Å². The Morgan fingerprint density at radius 2 is 1.55 bits per heavy atom. The largest absolute Gasteiger partial charge is 0.486 e. The second-order valence-electron chi connectivity index (χ2n) is 8.11. The van der Waals surface area contributed by atoms with Crippen LogP contribution >= 0.6 is 0 Å². The van der Waals surface area contributed by atoms with Crippen LogP contribution in [0.15, 0.2) is 36.4 Å². The zero-order valence-corrected chi connectivity index (χ0v) is 17.5. The molecule has 0 fully saturated rings. The molecular weight excluding hydrogens is 370 g/mol. The fraction of sp³-hybridized carbons (Fsp3) is 0.364. The molecule has 0 atom stereocenters. The van der Waals surface area contributed by atoms with Gasteiger partial charge < -0.3 is 14.8 Å². The van der Waals surface area contributed by atoms with E-state index in [4.69, 9.17) is 9.47 Å². The first-order valence-corrected chi connectivity index (χ1v) is 9.53. The predicted molar refractivity (Wildman–Crippen MR) is 111 cm³/mol. The van der Waals surface area contributed by atoms with E-state index < -0.39 is 11.6 Å². The number of ether oxygens (including phenoxy) is 2. The van der Waals surface area contributed by atoms with E-state index in [-0.39, 0.29) is 5.91 Å². The van der Waals surface area contributed by atoms with E-state index in [2.05, 4.69) is 10.7 Å². The van der Waals surface area contributed by atoms with E-state index >= 15 is 0 Å². The normalized spacial score (nSPS) is 12.9. The molecule has 2 aromatic rings. The average molecular weight is 397 g/mol. The van der Waals surface area contributed by atoms with E-state index in [1.165, 1.54) is 5.01 Å². The quantitative estimate of drug-likeness (QED) is 0.749. The monoisotopic (exact) mass is 397 g/mol. The topological polar surface area (TPSA) is 79.9 Å². The summed E-state index contributed by atoms with van der Waals surface area (Å²) in [7, 11) is 0. The zero-order chi connectivity index (χ0) is 21.2. The van der Waals surface area contributed by atoms with E-state index in [1.807, 2.05) is 52.8 Å². The van der Waals surface area contributed by atoms with Gasteiger partial charge in [0, 0.05) is 17.3 Å². The number of fused-ring (bicyclic) bond motifs is 1. The summed E-state index contributed by atoms with van der Waals surface area (Å²) in [6.45, 7) is 10.4. The molecule has 0 radical (unpaired) electrons. The zero-order valence-electron chi connectivity index (χ0n) is 17.5. The molecule has 2 N–H and O–H groups in total. The van der Waals surface area contributed by atoms with Crippen molar-refractivity contribution in [3.8, 4) is 11.5 Å². The second-order valence-corrected chi connectivity index (χ2v) is 8.11. The van der Waals surface area contributed by atoms with Gasteiger partial charge in [-0.3, -0.25) is 4.79 Å². The van der Waals surface area contributed by atoms with Gasteiger partial charge in [0.1, 0.15) is 13.2 Å². The van der Waals surface area contributed by atoms with Gasteiger partial charge >= 0.3 is 6.03 Å². The highest BCUT2D eigenvalue weighted by atomic mass is 16.6. The molecule has 3 rings (SSSR count). The summed E-state index contributed by atoms with van der Waals surface area (Å²) in [6.07, 6.45) is 0. The molecule has 0 bridgehead atoms. The molecule has 0 spiro atoms. The highest BCUT2D eigenvalue weighted by Crippen LogP contribution is 2.32. The lowest BCUT2D eigenvalue weighted by molar-refractivity contribution is 0.0460. The van der Waals surface area contributed by atoms with Crippen molar-refractivity contribution in [1.29, 1.82) is 0 Å². The molecular formula is C22H27N3O4. The Hall–Kier alpha value is -3.22. The molecule has 29 heavy (non-hydrogen) atoms. The number of urea groups is 1. The summed E-state index contributed by atoms with van der Waals surface area (Å²) >= 11 is 0. The van der Waals surface area contributed by atoms with Crippen LogP contribution in [0.2, 0.25) is 0 Å². The van der Waals surface area contributed by atoms with Crippen LogP contribution in [0.25, 0.3) is 0 Å². The Labute approximate surface area is 171 Å². The van der Waals surface area contributed by atoms with E-state index in [0.29, 0.717) is 36.0 Å². The fourth-order valence-electron chi connectivity index (χ4n) is 3.13. The molecule has 2 aromatic carbocycles. The van der Waals surface area contributed by atoms with Gasteiger partial charge in [-0.1, -0.05) is 17.2 Å². The highest BCUT2D eigenvalue weighted by molar-refractivity contribution is 5.98.